The van der Waals surface area contributed by atoms with Crippen LogP contribution >= 0.6 is 11.6 Å². The lowest BCUT2D eigenvalue weighted by atomic mass is 10.1. The molecule has 14 heteroatoms. The van der Waals surface area contributed by atoms with Crippen LogP contribution in [0.3, 0.4) is 0 Å². The average Bonchev–Trinajstić information content (AvgIpc) is 2.81. The molecule has 3 aromatic carbocycles. The highest BCUT2D eigenvalue weighted by atomic mass is 35.5. The Hall–Kier alpha value is -4.65. The maximum Gasteiger partial charge on any atom is 0.416 e. The summed E-state index contributed by atoms with van der Waals surface area (Å²) in [6, 6.07) is 10.6. The van der Waals surface area contributed by atoms with E-state index in [1.807, 2.05) is 0 Å². The van der Waals surface area contributed by atoms with Crippen LogP contribution in [0.2, 0.25) is 5.02 Å². The van der Waals surface area contributed by atoms with Gasteiger partial charge in [0.15, 0.2) is 5.52 Å². The van der Waals surface area contributed by atoms with Gasteiger partial charge in [0.25, 0.3) is 11.2 Å². The average molecular weight is 519 g/mol. The first-order valence-electron chi connectivity index (χ1n) is 9.99. The molecule has 0 radical (unpaired) electrons. The molecule has 4 rings (SSSR count). The van der Waals surface area contributed by atoms with Crippen molar-refractivity contribution in [3.8, 4) is 0 Å². The number of H-pyrrole nitrogens is 1. The molecule has 4 N–H and O–H groups in total. The minimum Gasteiger partial charge on any atom is -0.355 e. The van der Waals surface area contributed by atoms with Crippen molar-refractivity contribution in [2.75, 3.05) is 16.0 Å². The number of carbonyl (C=O) groups is 1. The number of carbonyl (C=O) groups excluding carboxylic acids is 1. The van der Waals surface area contributed by atoms with E-state index >= 15 is 0 Å². The zero-order valence-electron chi connectivity index (χ0n) is 17.8. The summed E-state index contributed by atoms with van der Waals surface area (Å²) < 4.78 is 38.3. The van der Waals surface area contributed by atoms with Crippen LogP contribution in [0.4, 0.5) is 46.4 Å². The first kappa shape index (κ1) is 24.5. The van der Waals surface area contributed by atoms with Crippen LogP contribution in [-0.2, 0) is 6.18 Å². The minimum absolute atomic E-state index is 0.00157. The number of amides is 2. The van der Waals surface area contributed by atoms with E-state index in [0.29, 0.717) is 17.4 Å². The second-order valence-electron chi connectivity index (χ2n) is 7.32. The molecule has 0 saturated carbocycles. The highest BCUT2D eigenvalue weighted by Crippen LogP contribution is 2.34. The number of alkyl halides is 3. The minimum atomic E-state index is -4.56. The molecule has 0 fully saturated rings. The highest BCUT2D eigenvalue weighted by Gasteiger charge is 2.31. The monoisotopic (exact) mass is 518 g/mol. The Bertz CT molecular complexity index is 1540. The summed E-state index contributed by atoms with van der Waals surface area (Å²) in [6.07, 6.45) is -3.49. The number of non-ortho nitro benzene ring substituents is 1. The van der Waals surface area contributed by atoms with Gasteiger partial charge in [0.2, 0.25) is 0 Å². The van der Waals surface area contributed by atoms with Crippen LogP contribution in [0.1, 0.15) is 5.56 Å². The van der Waals surface area contributed by atoms with Gasteiger partial charge in [0, 0.05) is 17.4 Å². The molecule has 0 bridgehead atoms. The SMILES string of the molecule is O=C(Nc1ccc(Nc2ccc([N+](=O)[O-])c3nc[nH]c(=O)c23)cc1)Nc1ccc(C(F)(F)F)cc1Cl. The van der Waals surface area contributed by atoms with Crippen molar-refractivity contribution in [2.45, 2.75) is 6.18 Å². The second-order valence-corrected chi connectivity index (χ2v) is 7.73. The van der Waals surface area contributed by atoms with Crippen LogP contribution in [0.25, 0.3) is 10.9 Å². The van der Waals surface area contributed by atoms with Crippen molar-refractivity contribution in [1.29, 1.82) is 0 Å². The van der Waals surface area contributed by atoms with E-state index in [2.05, 4.69) is 25.9 Å². The normalized spacial score (nSPS) is 11.2. The molecular formula is C22H14ClF3N6O4. The fraction of sp³-hybridized carbons (Fsp3) is 0.0455. The summed E-state index contributed by atoms with van der Waals surface area (Å²) in [5, 5.41) is 18.8. The van der Waals surface area contributed by atoms with E-state index in [1.54, 1.807) is 12.1 Å². The van der Waals surface area contributed by atoms with Crippen molar-refractivity contribution < 1.29 is 22.9 Å². The predicted octanol–water partition coefficient (Wildman–Crippen LogP) is 5.89. The van der Waals surface area contributed by atoms with Gasteiger partial charge in [0.05, 0.1) is 38.6 Å². The number of hydrogen-bond acceptors (Lipinski definition) is 6. The first-order valence-corrected chi connectivity index (χ1v) is 10.4. The summed E-state index contributed by atoms with van der Waals surface area (Å²) >= 11 is 5.84. The number of nitrogens with one attached hydrogen (secondary N) is 4. The van der Waals surface area contributed by atoms with E-state index in [1.165, 1.54) is 24.3 Å². The third-order valence-corrected chi connectivity index (χ3v) is 5.25. The summed E-state index contributed by atoms with van der Waals surface area (Å²) in [6.45, 7) is 0. The molecule has 0 atom stereocenters. The molecule has 2 amide bonds. The number of urea groups is 1. The van der Waals surface area contributed by atoms with Crippen LogP contribution in [0, 0.1) is 10.1 Å². The topological polar surface area (TPSA) is 142 Å². The van der Waals surface area contributed by atoms with Gasteiger partial charge in [-0.05, 0) is 48.5 Å². The molecule has 184 valence electrons. The van der Waals surface area contributed by atoms with Crippen molar-refractivity contribution in [3.05, 3.63) is 92.0 Å². The van der Waals surface area contributed by atoms with Crippen LogP contribution in [0.5, 0.6) is 0 Å². The molecule has 0 spiro atoms. The van der Waals surface area contributed by atoms with Gasteiger partial charge < -0.3 is 20.9 Å². The van der Waals surface area contributed by atoms with E-state index in [9.17, 15) is 32.9 Å². The number of anilines is 4. The number of aromatic nitrogens is 2. The highest BCUT2D eigenvalue weighted by molar-refractivity contribution is 6.33. The van der Waals surface area contributed by atoms with Gasteiger partial charge in [-0.2, -0.15) is 13.2 Å². The molecule has 0 aliphatic carbocycles. The summed E-state index contributed by atoms with van der Waals surface area (Å²) in [5.41, 5.74) is -0.807. The molecule has 4 aromatic rings. The molecule has 1 heterocycles. The number of nitro groups is 1. The quantitative estimate of drug-likeness (QED) is 0.192. The van der Waals surface area contributed by atoms with Gasteiger partial charge in [-0.25, -0.2) is 9.78 Å². The molecular weight excluding hydrogens is 505 g/mol. The Kier molecular flexibility index (Phi) is 6.49. The second kappa shape index (κ2) is 9.54. The lowest BCUT2D eigenvalue weighted by molar-refractivity contribution is -0.383. The standard InChI is InChI=1S/C22H14ClF3N6O4/c23-14-9-11(22(24,25)26)1-6-15(14)31-21(34)30-13-4-2-12(3-5-13)29-16-7-8-17(32(35)36)19-18(16)20(33)28-10-27-19/h1-10,29H,(H,27,28,33)(H2,30,31,34). The fourth-order valence-corrected chi connectivity index (χ4v) is 3.52. The largest absolute Gasteiger partial charge is 0.416 e. The Morgan fingerprint density at radius 1 is 1.00 bits per heavy atom. The fourth-order valence-electron chi connectivity index (χ4n) is 3.29. The Labute approximate surface area is 204 Å². The number of nitro benzene ring substituents is 1. The summed E-state index contributed by atoms with van der Waals surface area (Å²) in [5.74, 6) is 0. The molecule has 10 nitrogen and oxygen atoms in total. The zero-order chi connectivity index (χ0) is 26.0. The lowest BCUT2D eigenvalue weighted by Crippen LogP contribution is -2.19. The number of aromatic amines is 1. The molecule has 0 aliphatic rings. The number of benzene rings is 3. The lowest BCUT2D eigenvalue weighted by Gasteiger charge is -2.12. The van der Waals surface area contributed by atoms with E-state index in [-0.39, 0.29) is 33.0 Å². The Morgan fingerprint density at radius 2 is 1.67 bits per heavy atom. The first-order chi connectivity index (χ1) is 17.0. The number of halogens is 4. The van der Waals surface area contributed by atoms with Crippen molar-refractivity contribution in [1.82, 2.24) is 9.97 Å². The zero-order valence-corrected chi connectivity index (χ0v) is 18.6. The van der Waals surface area contributed by atoms with Gasteiger partial charge in [0.1, 0.15) is 0 Å². The smallest absolute Gasteiger partial charge is 0.355 e. The number of nitrogens with zero attached hydrogens (tertiary/aromatic N) is 2. The Balaban J connectivity index is 1.47. The van der Waals surface area contributed by atoms with Gasteiger partial charge in [-0.3, -0.25) is 14.9 Å². The maximum absolute atomic E-state index is 12.8. The predicted molar refractivity (Wildman–Crippen MR) is 128 cm³/mol. The van der Waals surface area contributed by atoms with Crippen molar-refractivity contribution >= 4 is 57.0 Å². The third-order valence-electron chi connectivity index (χ3n) is 4.94. The molecule has 0 saturated heterocycles. The Morgan fingerprint density at radius 3 is 2.31 bits per heavy atom. The van der Waals surface area contributed by atoms with Gasteiger partial charge in [-0.1, -0.05) is 11.6 Å². The maximum atomic E-state index is 12.8. The van der Waals surface area contributed by atoms with Crippen LogP contribution in [0.15, 0.2) is 65.7 Å². The van der Waals surface area contributed by atoms with E-state index < -0.39 is 28.3 Å². The van der Waals surface area contributed by atoms with E-state index in [4.69, 9.17) is 11.6 Å². The van der Waals surface area contributed by atoms with E-state index in [0.717, 1.165) is 18.5 Å². The van der Waals surface area contributed by atoms with Crippen LogP contribution < -0.4 is 21.5 Å². The van der Waals surface area contributed by atoms with Crippen molar-refractivity contribution in [2.24, 2.45) is 0 Å². The summed E-state index contributed by atoms with van der Waals surface area (Å²) in [7, 11) is 0. The number of hydrogen-bond donors (Lipinski definition) is 4. The van der Waals surface area contributed by atoms with Crippen molar-refractivity contribution in [3.63, 3.8) is 0 Å². The van der Waals surface area contributed by atoms with Gasteiger partial charge >= 0.3 is 12.2 Å². The number of rotatable bonds is 5. The number of fused-ring (bicyclic) bond motifs is 1. The molecule has 1 aromatic heterocycles. The van der Waals surface area contributed by atoms with Gasteiger partial charge in [-0.15, -0.1) is 0 Å². The summed E-state index contributed by atoms with van der Waals surface area (Å²) in [4.78, 5) is 41.5. The van der Waals surface area contributed by atoms with Crippen LogP contribution in [-0.4, -0.2) is 20.9 Å². The third kappa shape index (κ3) is 5.20. The molecule has 36 heavy (non-hydrogen) atoms. The molecule has 0 unspecified atom stereocenters. The molecule has 0 aliphatic heterocycles.